The monoisotopic (exact) mass is 668 g/mol. The number of carboxylic acids is 2. The molecule has 0 saturated carbocycles. The van der Waals surface area contributed by atoms with E-state index in [1.54, 1.807) is 42.6 Å². The van der Waals surface area contributed by atoms with Crippen LogP contribution in [0.4, 0.5) is 30.7 Å². The van der Waals surface area contributed by atoms with Crippen molar-refractivity contribution in [2.45, 2.75) is 42.5 Å². The Labute approximate surface area is 250 Å². The van der Waals surface area contributed by atoms with Gasteiger partial charge in [-0.15, -0.1) is 0 Å². The molecule has 1 aromatic carbocycles. The van der Waals surface area contributed by atoms with E-state index in [1.807, 2.05) is 11.0 Å². The number of carbonyl (C=O) groups is 2. The van der Waals surface area contributed by atoms with E-state index in [1.165, 1.54) is 22.6 Å². The number of sulfonamides is 1. The molecule has 1 saturated heterocycles. The van der Waals surface area contributed by atoms with Crippen molar-refractivity contribution in [2.24, 2.45) is 0 Å². The van der Waals surface area contributed by atoms with Crippen LogP contribution in [0, 0.1) is 5.82 Å². The lowest BCUT2D eigenvalue weighted by molar-refractivity contribution is -0.193. The highest BCUT2D eigenvalue weighted by Gasteiger charge is 2.47. The maximum atomic E-state index is 14.2. The zero-order valence-electron chi connectivity index (χ0n) is 22.6. The van der Waals surface area contributed by atoms with Crippen molar-refractivity contribution in [2.75, 3.05) is 13.1 Å². The van der Waals surface area contributed by atoms with Crippen LogP contribution in [0.1, 0.15) is 11.3 Å². The second-order valence-electron chi connectivity index (χ2n) is 9.29. The molecule has 19 heteroatoms. The van der Waals surface area contributed by atoms with Crippen molar-refractivity contribution < 1.29 is 63.7 Å². The maximum Gasteiger partial charge on any atom is 0.490 e. The number of hydrogen-bond acceptors (Lipinski definition) is 8. The molecule has 2 aliphatic heterocycles. The van der Waals surface area contributed by atoms with Crippen LogP contribution in [-0.2, 0) is 32.7 Å². The smallest absolute Gasteiger partial charge is 0.475 e. The fraction of sp³-hybridized carbons (Fsp3) is 0.308. The highest BCUT2D eigenvalue weighted by atomic mass is 32.2. The van der Waals surface area contributed by atoms with Crippen LogP contribution < -0.4 is 4.74 Å². The molecule has 0 spiro atoms. The van der Waals surface area contributed by atoms with E-state index in [0.29, 0.717) is 30.9 Å². The van der Waals surface area contributed by atoms with Gasteiger partial charge in [-0.05, 0) is 30.3 Å². The first-order valence-corrected chi connectivity index (χ1v) is 13.9. The first-order chi connectivity index (χ1) is 20.9. The summed E-state index contributed by atoms with van der Waals surface area (Å²) in [6.45, 7) is 1.37. The maximum absolute atomic E-state index is 14.2. The summed E-state index contributed by atoms with van der Waals surface area (Å²) in [4.78, 5) is 28.4. The first-order valence-electron chi connectivity index (χ1n) is 12.5. The van der Waals surface area contributed by atoms with Gasteiger partial charge >= 0.3 is 24.3 Å². The van der Waals surface area contributed by atoms with E-state index in [9.17, 15) is 39.2 Å². The number of aromatic nitrogens is 2. The Morgan fingerprint density at radius 3 is 1.98 bits per heavy atom. The molecule has 5 rings (SSSR count). The molecule has 244 valence electrons. The summed E-state index contributed by atoms with van der Waals surface area (Å²) in [6, 6.07) is 14.7. The number of fused-ring (bicyclic) bond motifs is 2. The third-order valence-electron chi connectivity index (χ3n) is 6.15. The lowest BCUT2D eigenvalue weighted by atomic mass is 10.2. The van der Waals surface area contributed by atoms with E-state index >= 15 is 0 Å². The number of benzene rings is 1. The van der Waals surface area contributed by atoms with Crippen LogP contribution in [-0.4, -0.2) is 87.3 Å². The number of alkyl halides is 6. The molecule has 3 aromatic rings. The highest BCUT2D eigenvalue weighted by Crippen LogP contribution is 2.36. The summed E-state index contributed by atoms with van der Waals surface area (Å²) >= 11 is 0. The molecule has 2 atom stereocenters. The number of likely N-dealkylation sites (tertiary alicyclic amines) is 1. The van der Waals surface area contributed by atoms with Gasteiger partial charge in [0.15, 0.2) is 0 Å². The van der Waals surface area contributed by atoms with Gasteiger partial charge in [-0.3, -0.25) is 9.88 Å². The van der Waals surface area contributed by atoms with E-state index in [4.69, 9.17) is 24.5 Å². The number of ether oxygens (including phenoxy) is 1. The molecular formula is C26H23F7N4O7S. The van der Waals surface area contributed by atoms with E-state index in [-0.39, 0.29) is 23.1 Å². The minimum atomic E-state index is -5.08. The standard InChI is InChI=1S/C22H21FN4O3S.2C2HF3O2/c23-18-8-2-1-6-16(18)12-26-14-19-20(15-26)30-22-21(9-5-11-25-22)31(28,29)27(19)13-17-7-3-4-10-24-17;2*3-2(4,5)1(6)7/h1-11,19-20H,12-15H2;2*(H,6,7). The van der Waals surface area contributed by atoms with Crippen LogP contribution in [0.5, 0.6) is 5.88 Å². The fourth-order valence-electron chi connectivity index (χ4n) is 4.18. The number of rotatable bonds is 4. The Kier molecular flexibility index (Phi) is 11.1. The number of carboxylic acid groups (broad SMARTS) is 2. The van der Waals surface area contributed by atoms with Gasteiger partial charge in [0.2, 0.25) is 15.9 Å². The predicted octanol–water partition coefficient (Wildman–Crippen LogP) is 3.72. The fourth-order valence-corrected chi connectivity index (χ4v) is 5.87. The molecule has 11 nitrogen and oxygen atoms in total. The van der Waals surface area contributed by atoms with Crippen LogP contribution in [0.3, 0.4) is 0 Å². The van der Waals surface area contributed by atoms with Crippen LogP contribution >= 0.6 is 0 Å². The van der Waals surface area contributed by atoms with Gasteiger partial charge in [-0.25, -0.2) is 27.4 Å². The Morgan fingerprint density at radius 2 is 1.42 bits per heavy atom. The molecule has 1 fully saturated rings. The molecule has 2 aliphatic rings. The van der Waals surface area contributed by atoms with Crippen LogP contribution in [0.25, 0.3) is 0 Å². The number of halogens is 7. The molecule has 2 aromatic heterocycles. The molecule has 0 bridgehead atoms. The van der Waals surface area contributed by atoms with E-state index < -0.39 is 46.5 Å². The second kappa shape index (κ2) is 14.2. The largest absolute Gasteiger partial charge is 0.490 e. The zero-order chi connectivity index (χ0) is 33.6. The average Bonchev–Trinajstić information content (AvgIpc) is 3.31. The average molecular weight is 669 g/mol. The van der Waals surface area contributed by atoms with Gasteiger partial charge in [-0.2, -0.15) is 30.6 Å². The highest BCUT2D eigenvalue weighted by molar-refractivity contribution is 7.89. The lowest BCUT2D eigenvalue weighted by Gasteiger charge is -2.27. The first kappa shape index (κ1) is 35.1. The molecule has 4 heterocycles. The second-order valence-corrected chi connectivity index (χ2v) is 11.2. The summed E-state index contributed by atoms with van der Waals surface area (Å²) in [5.74, 6) is -5.69. The third kappa shape index (κ3) is 9.32. The predicted molar refractivity (Wildman–Crippen MR) is 138 cm³/mol. The third-order valence-corrected chi connectivity index (χ3v) is 8.03. The quantitative estimate of drug-likeness (QED) is 0.394. The summed E-state index contributed by atoms with van der Waals surface area (Å²) in [6.07, 6.45) is -7.44. The summed E-state index contributed by atoms with van der Waals surface area (Å²) in [5, 5.41) is 14.2. The minimum Gasteiger partial charge on any atom is -0.475 e. The minimum absolute atomic E-state index is 0.0565. The van der Waals surface area contributed by atoms with Crippen LogP contribution in [0.2, 0.25) is 0 Å². The van der Waals surface area contributed by atoms with Crippen molar-refractivity contribution in [3.8, 4) is 5.88 Å². The lowest BCUT2D eigenvalue weighted by Crippen LogP contribution is -2.46. The van der Waals surface area contributed by atoms with Gasteiger partial charge in [0.05, 0.1) is 18.3 Å². The van der Waals surface area contributed by atoms with Crippen molar-refractivity contribution >= 4 is 22.0 Å². The summed E-state index contributed by atoms with van der Waals surface area (Å²) < 4.78 is 112. The van der Waals surface area contributed by atoms with Crippen LogP contribution in [0.15, 0.2) is 71.9 Å². The Morgan fingerprint density at radius 1 is 0.844 bits per heavy atom. The van der Waals surface area contributed by atoms with Crippen molar-refractivity contribution in [1.82, 2.24) is 19.2 Å². The van der Waals surface area contributed by atoms with Gasteiger partial charge in [0, 0.05) is 37.6 Å². The normalized spacial score (nSPS) is 19.3. The van der Waals surface area contributed by atoms with Gasteiger partial charge in [0.1, 0.15) is 16.8 Å². The number of pyridine rings is 2. The number of nitrogens with zero attached hydrogens (tertiary/aromatic N) is 4. The summed E-state index contributed by atoms with van der Waals surface area (Å²) in [5.41, 5.74) is 1.21. The molecule has 0 amide bonds. The van der Waals surface area contributed by atoms with Crippen molar-refractivity contribution in [1.29, 1.82) is 0 Å². The SMILES string of the molecule is O=C(O)C(F)(F)F.O=C(O)C(F)(F)F.O=S1(=O)c2cccnc2OC2CN(Cc3ccccc3F)CC2N1Cc1ccccn1. The van der Waals surface area contributed by atoms with Gasteiger partial charge in [-0.1, -0.05) is 24.3 Å². The van der Waals surface area contributed by atoms with Gasteiger partial charge < -0.3 is 14.9 Å². The zero-order valence-corrected chi connectivity index (χ0v) is 23.4. The van der Waals surface area contributed by atoms with E-state index in [0.717, 1.165) is 0 Å². The Bertz CT molecular complexity index is 1570. The Hall–Kier alpha value is -4.36. The molecular weight excluding hydrogens is 645 g/mol. The Balaban J connectivity index is 0.000000331. The van der Waals surface area contributed by atoms with Gasteiger partial charge in [0.25, 0.3) is 0 Å². The number of aliphatic carboxylic acids is 2. The topological polar surface area (TPSA) is 150 Å². The molecule has 2 unspecified atom stereocenters. The van der Waals surface area contributed by atoms with Crippen molar-refractivity contribution in [3.05, 3.63) is 84.1 Å². The van der Waals surface area contributed by atoms with Crippen molar-refractivity contribution in [3.63, 3.8) is 0 Å². The molecule has 0 radical (unpaired) electrons. The molecule has 45 heavy (non-hydrogen) atoms. The molecule has 2 N–H and O–H groups in total. The number of hydrogen-bond donors (Lipinski definition) is 2. The molecule has 0 aliphatic carbocycles. The summed E-state index contributed by atoms with van der Waals surface area (Å²) in [7, 11) is -3.87. The van der Waals surface area contributed by atoms with E-state index in [2.05, 4.69) is 9.97 Å².